The number of aromatic nitrogens is 2. The van der Waals surface area contributed by atoms with E-state index in [4.69, 9.17) is 4.74 Å². The Morgan fingerprint density at radius 2 is 1.97 bits per heavy atom. The molecule has 166 valence electrons. The van der Waals surface area contributed by atoms with Crippen LogP contribution in [-0.4, -0.2) is 50.2 Å². The number of amides is 1. The second-order valence-electron chi connectivity index (χ2n) is 7.38. The Kier molecular flexibility index (Phi) is 7.34. The van der Waals surface area contributed by atoms with Crippen LogP contribution in [0, 0.1) is 6.92 Å². The van der Waals surface area contributed by atoms with Gasteiger partial charge in [-0.1, -0.05) is 29.5 Å². The number of carbonyl (C=O) groups excluding carboxylic acids is 1. The normalized spacial score (nSPS) is 16.5. The van der Waals surface area contributed by atoms with E-state index in [9.17, 15) is 19.5 Å². The van der Waals surface area contributed by atoms with Crippen molar-refractivity contribution in [2.75, 3.05) is 18.9 Å². The summed E-state index contributed by atoms with van der Waals surface area (Å²) in [5, 5.41) is 13.5. The summed E-state index contributed by atoms with van der Waals surface area (Å²) in [4.78, 5) is 41.7. The largest absolute Gasteiger partial charge is 0.494 e. The topological polar surface area (TPSA) is 115 Å². The zero-order valence-electron chi connectivity index (χ0n) is 17.8. The van der Waals surface area contributed by atoms with Crippen LogP contribution in [-0.2, 0) is 23.6 Å². The smallest absolute Gasteiger partial charge is 0.333 e. The standard InChI is InChI=1S/C21H26N4O5S/c1-13-6-8-14(9-7-13)23-18(17-19(27)24(2)21(29)25(3)20(17)28)31-12-16(26)22-11-15-5-4-10-30-15/h6-9,15,27H,4-5,10-12H2,1-3H3,(H,22,26)/t15-/m0/s1. The Morgan fingerprint density at radius 1 is 1.26 bits per heavy atom. The van der Waals surface area contributed by atoms with E-state index in [2.05, 4.69) is 10.3 Å². The number of benzene rings is 1. The van der Waals surface area contributed by atoms with Crippen molar-refractivity contribution in [2.24, 2.45) is 19.1 Å². The lowest BCUT2D eigenvalue weighted by Crippen LogP contribution is -2.40. The number of nitrogens with zero attached hydrogens (tertiary/aromatic N) is 3. The van der Waals surface area contributed by atoms with Gasteiger partial charge in [0.2, 0.25) is 11.8 Å². The van der Waals surface area contributed by atoms with E-state index in [0.29, 0.717) is 18.8 Å². The van der Waals surface area contributed by atoms with Gasteiger partial charge >= 0.3 is 5.69 Å². The van der Waals surface area contributed by atoms with Crippen LogP contribution in [0.3, 0.4) is 0 Å². The van der Waals surface area contributed by atoms with Crippen LogP contribution >= 0.6 is 11.8 Å². The molecule has 3 rings (SSSR count). The summed E-state index contributed by atoms with van der Waals surface area (Å²) in [6.45, 7) is 3.07. The Bertz CT molecular complexity index is 1100. The highest BCUT2D eigenvalue weighted by atomic mass is 32.2. The number of aryl methyl sites for hydroxylation is 1. The van der Waals surface area contributed by atoms with Gasteiger partial charge in [-0.05, 0) is 31.9 Å². The minimum Gasteiger partial charge on any atom is -0.494 e. The number of nitrogens with one attached hydrogen (secondary N) is 1. The van der Waals surface area contributed by atoms with Crippen molar-refractivity contribution in [3.63, 3.8) is 0 Å². The van der Waals surface area contributed by atoms with E-state index in [-0.39, 0.29) is 28.4 Å². The number of rotatable bonds is 6. The van der Waals surface area contributed by atoms with Crippen LogP contribution in [0.2, 0.25) is 0 Å². The summed E-state index contributed by atoms with van der Waals surface area (Å²) < 4.78 is 7.37. The van der Waals surface area contributed by atoms with Crippen LogP contribution in [0.4, 0.5) is 5.69 Å². The van der Waals surface area contributed by atoms with E-state index < -0.39 is 17.1 Å². The molecule has 0 radical (unpaired) electrons. The van der Waals surface area contributed by atoms with Gasteiger partial charge in [-0.2, -0.15) is 0 Å². The van der Waals surface area contributed by atoms with Crippen LogP contribution in [0.5, 0.6) is 5.88 Å². The third-order valence-electron chi connectivity index (χ3n) is 5.00. The van der Waals surface area contributed by atoms with Gasteiger partial charge in [0.25, 0.3) is 5.56 Å². The van der Waals surface area contributed by atoms with E-state index in [0.717, 1.165) is 39.3 Å². The predicted molar refractivity (Wildman–Crippen MR) is 120 cm³/mol. The highest BCUT2D eigenvalue weighted by Gasteiger charge is 2.22. The van der Waals surface area contributed by atoms with E-state index in [1.54, 1.807) is 12.1 Å². The van der Waals surface area contributed by atoms with Crippen LogP contribution < -0.4 is 16.6 Å². The van der Waals surface area contributed by atoms with Crippen molar-refractivity contribution in [2.45, 2.75) is 25.9 Å². The third kappa shape index (κ3) is 5.45. The van der Waals surface area contributed by atoms with Crippen molar-refractivity contribution >= 4 is 28.4 Å². The summed E-state index contributed by atoms with van der Waals surface area (Å²) in [5.74, 6) is -0.743. The van der Waals surface area contributed by atoms with Crippen LogP contribution in [0.1, 0.15) is 24.0 Å². The van der Waals surface area contributed by atoms with Gasteiger partial charge in [0.05, 0.1) is 17.5 Å². The first kappa shape index (κ1) is 22.8. The molecule has 0 bridgehead atoms. The zero-order chi connectivity index (χ0) is 22.5. The number of thioether (sulfide) groups is 1. The number of hydrogen-bond donors (Lipinski definition) is 2. The van der Waals surface area contributed by atoms with Crippen molar-refractivity contribution in [1.29, 1.82) is 0 Å². The molecule has 0 aliphatic carbocycles. The summed E-state index contributed by atoms with van der Waals surface area (Å²) in [6, 6.07) is 7.29. The quantitative estimate of drug-likeness (QED) is 0.509. The number of hydrogen-bond acceptors (Lipinski definition) is 7. The van der Waals surface area contributed by atoms with Crippen molar-refractivity contribution < 1.29 is 14.6 Å². The molecule has 9 nitrogen and oxygen atoms in total. The van der Waals surface area contributed by atoms with Crippen molar-refractivity contribution in [1.82, 2.24) is 14.5 Å². The Hall–Kier alpha value is -2.85. The fraction of sp³-hybridized carbons (Fsp3) is 0.429. The lowest BCUT2D eigenvalue weighted by atomic mass is 10.2. The van der Waals surface area contributed by atoms with Gasteiger partial charge in [-0.15, -0.1) is 0 Å². The van der Waals surface area contributed by atoms with Crippen LogP contribution in [0.25, 0.3) is 0 Å². The van der Waals surface area contributed by atoms with E-state index in [1.807, 2.05) is 19.1 Å². The second kappa shape index (κ2) is 9.97. The molecule has 1 saturated heterocycles. The molecular weight excluding hydrogens is 420 g/mol. The zero-order valence-corrected chi connectivity index (χ0v) is 18.6. The molecule has 1 fully saturated rings. The first-order valence-electron chi connectivity index (χ1n) is 9.93. The molecule has 0 unspecified atom stereocenters. The summed E-state index contributed by atoms with van der Waals surface area (Å²) >= 11 is 1.02. The molecule has 1 aromatic heterocycles. The number of aliphatic imine (C=N–C) groups is 1. The van der Waals surface area contributed by atoms with Gasteiger partial charge in [0.15, 0.2) is 0 Å². The molecular formula is C21H26N4O5S. The molecule has 31 heavy (non-hydrogen) atoms. The van der Waals surface area contributed by atoms with Crippen LogP contribution in [0.15, 0.2) is 38.8 Å². The molecule has 1 aromatic carbocycles. The second-order valence-corrected chi connectivity index (χ2v) is 8.35. The van der Waals surface area contributed by atoms with Crippen molar-refractivity contribution in [3.8, 4) is 5.88 Å². The molecule has 1 aliphatic heterocycles. The molecule has 1 atom stereocenters. The minimum atomic E-state index is -0.682. The SMILES string of the molecule is Cc1ccc(N=C(SCC(=O)NC[C@@H]2CCCO2)c2c(O)n(C)c(=O)n(C)c2=O)cc1. The van der Waals surface area contributed by atoms with E-state index in [1.165, 1.54) is 14.1 Å². The first-order chi connectivity index (χ1) is 14.8. The Morgan fingerprint density at radius 3 is 2.61 bits per heavy atom. The molecule has 10 heteroatoms. The van der Waals surface area contributed by atoms with E-state index >= 15 is 0 Å². The molecule has 2 N–H and O–H groups in total. The fourth-order valence-corrected chi connectivity index (χ4v) is 4.00. The van der Waals surface area contributed by atoms with Crippen molar-refractivity contribution in [3.05, 3.63) is 56.2 Å². The number of ether oxygens (including phenoxy) is 1. The average Bonchev–Trinajstić information content (AvgIpc) is 3.28. The first-order valence-corrected chi connectivity index (χ1v) is 10.9. The molecule has 1 amide bonds. The summed E-state index contributed by atoms with van der Waals surface area (Å²) in [7, 11) is 2.69. The van der Waals surface area contributed by atoms with Gasteiger partial charge in [-0.3, -0.25) is 18.7 Å². The third-order valence-corrected chi connectivity index (χ3v) is 5.98. The number of carbonyl (C=O) groups is 1. The molecule has 2 aromatic rings. The Balaban J connectivity index is 1.89. The fourth-order valence-electron chi connectivity index (χ4n) is 3.14. The summed E-state index contributed by atoms with van der Waals surface area (Å²) in [6.07, 6.45) is 1.92. The molecule has 0 saturated carbocycles. The highest BCUT2D eigenvalue weighted by molar-refractivity contribution is 8.15. The lowest BCUT2D eigenvalue weighted by Gasteiger charge is -2.13. The molecule has 0 spiro atoms. The van der Waals surface area contributed by atoms with Gasteiger partial charge in [0, 0.05) is 27.2 Å². The maximum atomic E-state index is 12.8. The lowest BCUT2D eigenvalue weighted by molar-refractivity contribution is -0.119. The monoisotopic (exact) mass is 446 g/mol. The maximum absolute atomic E-state index is 12.8. The van der Waals surface area contributed by atoms with Gasteiger partial charge in [0.1, 0.15) is 10.6 Å². The minimum absolute atomic E-state index is 0.0111. The van der Waals surface area contributed by atoms with Gasteiger partial charge < -0.3 is 15.2 Å². The predicted octanol–water partition coefficient (Wildman–Crippen LogP) is 1.20. The molecule has 2 heterocycles. The highest BCUT2D eigenvalue weighted by Crippen LogP contribution is 2.23. The van der Waals surface area contributed by atoms with Gasteiger partial charge in [-0.25, -0.2) is 9.79 Å². The average molecular weight is 447 g/mol. The summed E-state index contributed by atoms with van der Waals surface area (Å²) in [5.41, 5.74) is 0.145. The number of aromatic hydroxyl groups is 1. The Labute approximate surface area is 183 Å². The maximum Gasteiger partial charge on any atom is 0.333 e. The molecule has 1 aliphatic rings.